The van der Waals surface area contributed by atoms with Crippen LogP contribution in [0.2, 0.25) is 0 Å². The molecule has 1 aromatic carbocycles. The Balaban J connectivity index is 1.50. The molecule has 1 aromatic heterocycles. The summed E-state index contributed by atoms with van der Waals surface area (Å²) >= 11 is 0. The quantitative estimate of drug-likeness (QED) is 0.900. The van der Waals surface area contributed by atoms with E-state index in [1.54, 1.807) is 6.08 Å². The first kappa shape index (κ1) is 15.5. The van der Waals surface area contributed by atoms with Crippen molar-refractivity contribution in [3.63, 3.8) is 0 Å². The lowest BCUT2D eigenvalue weighted by atomic mass is 10.1. The lowest BCUT2D eigenvalue weighted by molar-refractivity contribution is 0.370. The predicted octanol–water partition coefficient (Wildman–Crippen LogP) is 2.74. The Hall–Kier alpha value is -1.99. The van der Waals surface area contributed by atoms with Crippen LogP contribution in [0.5, 0.6) is 0 Å². The average Bonchev–Trinajstić information content (AvgIpc) is 3.35. The second kappa shape index (κ2) is 6.14. The zero-order valence-corrected chi connectivity index (χ0v) is 14.1. The van der Waals surface area contributed by atoms with Crippen molar-refractivity contribution in [2.75, 3.05) is 0 Å². The summed E-state index contributed by atoms with van der Waals surface area (Å²) in [6, 6.07) is 7.91. The maximum Gasteiger partial charge on any atom is 0.241 e. The topological polar surface area (TPSA) is 85.1 Å². The van der Waals surface area contributed by atoms with Crippen molar-refractivity contribution in [3.8, 4) is 0 Å². The number of aryl methyl sites for hydroxylation is 1. The minimum atomic E-state index is -3.56. The monoisotopic (exact) mass is 345 g/mol. The number of fused-ring (bicyclic) bond motifs is 1. The largest absolute Gasteiger partial charge is 0.338 e. The highest BCUT2D eigenvalue weighted by molar-refractivity contribution is 7.93. The number of nitrogens with zero attached hydrogens (tertiary/aromatic N) is 2. The molecule has 7 heteroatoms. The van der Waals surface area contributed by atoms with Crippen LogP contribution < -0.4 is 4.72 Å². The van der Waals surface area contributed by atoms with Crippen LogP contribution in [0.1, 0.15) is 54.4 Å². The minimum absolute atomic E-state index is 0.0288. The van der Waals surface area contributed by atoms with Gasteiger partial charge in [0.05, 0.1) is 11.4 Å². The fourth-order valence-electron chi connectivity index (χ4n) is 2.91. The number of sulfonamides is 1. The lowest BCUT2D eigenvalue weighted by Gasteiger charge is -2.07. The van der Waals surface area contributed by atoms with E-state index in [9.17, 15) is 8.42 Å². The number of aromatic nitrogens is 2. The number of hydrogen-bond acceptors (Lipinski definition) is 5. The molecular formula is C17H19N3O3S. The van der Waals surface area contributed by atoms with Gasteiger partial charge in [0, 0.05) is 5.92 Å². The van der Waals surface area contributed by atoms with Crippen LogP contribution >= 0.6 is 0 Å². The molecule has 1 N–H and O–H groups in total. The van der Waals surface area contributed by atoms with Crippen molar-refractivity contribution >= 4 is 16.1 Å². The summed E-state index contributed by atoms with van der Waals surface area (Å²) in [7, 11) is -3.56. The van der Waals surface area contributed by atoms with Crippen molar-refractivity contribution in [2.45, 2.75) is 44.6 Å². The van der Waals surface area contributed by atoms with Gasteiger partial charge in [-0.2, -0.15) is 4.98 Å². The fraction of sp³-hybridized carbons (Fsp3) is 0.412. The van der Waals surface area contributed by atoms with E-state index in [1.165, 1.54) is 5.56 Å². The molecule has 0 unspecified atom stereocenters. The van der Waals surface area contributed by atoms with Crippen molar-refractivity contribution in [3.05, 3.63) is 52.0 Å². The molecule has 0 saturated heterocycles. The van der Waals surface area contributed by atoms with Crippen molar-refractivity contribution in [1.82, 2.24) is 14.9 Å². The highest BCUT2D eigenvalue weighted by atomic mass is 32.2. The first-order chi connectivity index (χ1) is 11.6. The Morgan fingerprint density at radius 2 is 2.04 bits per heavy atom. The molecule has 0 bridgehead atoms. The van der Waals surface area contributed by atoms with E-state index >= 15 is 0 Å². The Kier molecular flexibility index (Phi) is 3.97. The zero-order valence-electron chi connectivity index (χ0n) is 13.2. The molecule has 6 nitrogen and oxygen atoms in total. The molecule has 1 fully saturated rings. The first-order valence-corrected chi connectivity index (χ1v) is 9.71. The number of benzene rings is 1. The molecule has 2 aliphatic rings. The second-order valence-corrected chi connectivity index (χ2v) is 8.13. The number of rotatable bonds is 5. The Morgan fingerprint density at radius 1 is 1.21 bits per heavy atom. The molecule has 0 aliphatic heterocycles. The smallest absolute Gasteiger partial charge is 0.241 e. The standard InChI is InChI=1S/C17H19N3O3S/c21-24(22,18-11-16-19-17(20-23-16)13-8-9-13)15-7-3-6-12-4-1-2-5-14(12)10-15/h1-2,4-5,10,13,18H,3,6-9,11H2. The third-order valence-corrected chi connectivity index (χ3v) is 5.96. The normalized spacial score (nSPS) is 17.9. The van der Waals surface area contributed by atoms with Crippen molar-refractivity contribution in [2.24, 2.45) is 0 Å². The maximum absolute atomic E-state index is 12.6. The first-order valence-electron chi connectivity index (χ1n) is 8.22. The summed E-state index contributed by atoms with van der Waals surface area (Å²) in [6.07, 6.45) is 6.17. The van der Waals surface area contributed by atoms with Gasteiger partial charge >= 0.3 is 0 Å². The molecule has 2 aliphatic carbocycles. The SMILES string of the molecule is O=S(=O)(NCc1nc(C2CC2)no1)C1=Cc2ccccc2CCC1. The zero-order chi connectivity index (χ0) is 16.6. The molecule has 1 heterocycles. The molecular weight excluding hydrogens is 326 g/mol. The van der Waals surface area contributed by atoms with Gasteiger partial charge < -0.3 is 4.52 Å². The van der Waals surface area contributed by atoms with Gasteiger partial charge in [-0.05, 0) is 49.3 Å². The van der Waals surface area contributed by atoms with E-state index in [0.29, 0.717) is 29.0 Å². The molecule has 2 aromatic rings. The molecule has 126 valence electrons. The molecule has 0 amide bonds. The molecule has 0 atom stereocenters. The molecule has 4 rings (SSSR count). The fourth-order valence-corrected chi connectivity index (χ4v) is 4.10. The highest BCUT2D eigenvalue weighted by Gasteiger charge is 2.29. The van der Waals surface area contributed by atoms with Crippen LogP contribution in [-0.2, 0) is 23.0 Å². The van der Waals surface area contributed by atoms with Gasteiger partial charge in [0.15, 0.2) is 5.82 Å². The minimum Gasteiger partial charge on any atom is -0.338 e. The molecule has 0 spiro atoms. The molecule has 0 radical (unpaired) electrons. The molecule has 24 heavy (non-hydrogen) atoms. The van der Waals surface area contributed by atoms with E-state index in [0.717, 1.165) is 31.2 Å². The van der Waals surface area contributed by atoms with Gasteiger partial charge in [-0.15, -0.1) is 0 Å². The van der Waals surface area contributed by atoms with E-state index in [1.807, 2.05) is 24.3 Å². The average molecular weight is 345 g/mol. The van der Waals surface area contributed by atoms with Crippen LogP contribution in [0, 0.1) is 0 Å². The van der Waals surface area contributed by atoms with Gasteiger partial charge in [0.25, 0.3) is 0 Å². The summed E-state index contributed by atoms with van der Waals surface area (Å²) in [5.74, 6) is 1.39. The Morgan fingerprint density at radius 3 is 2.88 bits per heavy atom. The second-order valence-electron chi connectivity index (χ2n) is 6.31. The Bertz CT molecular complexity index is 882. The van der Waals surface area contributed by atoms with Crippen LogP contribution in [0.3, 0.4) is 0 Å². The summed E-state index contributed by atoms with van der Waals surface area (Å²) in [6.45, 7) is 0.0288. The summed E-state index contributed by atoms with van der Waals surface area (Å²) in [4.78, 5) is 4.66. The number of allylic oxidation sites excluding steroid dienone is 1. The van der Waals surface area contributed by atoms with E-state index < -0.39 is 10.0 Å². The van der Waals surface area contributed by atoms with Crippen molar-refractivity contribution in [1.29, 1.82) is 0 Å². The predicted molar refractivity (Wildman–Crippen MR) is 89.4 cm³/mol. The van der Waals surface area contributed by atoms with Gasteiger partial charge in [-0.25, -0.2) is 13.1 Å². The maximum atomic E-state index is 12.6. The number of nitrogens with one attached hydrogen (secondary N) is 1. The number of hydrogen-bond donors (Lipinski definition) is 1. The third kappa shape index (κ3) is 3.27. The van der Waals surface area contributed by atoms with E-state index in [4.69, 9.17) is 4.52 Å². The summed E-state index contributed by atoms with van der Waals surface area (Å²) in [5, 5.41) is 3.90. The van der Waals surface area contributed by atoms with Crippen molar-refractivity contribution < 1.29 is 12.9 Å². The van der Waals surface area contributed by atoms with Gasteiger partial charge in [-0.3, -0.25) is 0 Å². The molecule has 1 saturated carbocycles. The van der Waals surface area contributed by atoms with Crippen LogP contribution in [0.4, 0.5) is 0 Å². The summed E-state index contributed by atoms with van der Waals surface area (Å²) in [5.41, 5.74) is 2.16. The van der Waals surface area contributed by atoms with E-state index in [-0.39, 0.29) is 6.54 Å². The van der Waals surface area contributed by atoms with Crippen LogP contribution in [-0.4, -0.2) is 18.6 Å². The van der Waals surface area contributed by atoms with Crippen LogP contribution in [0.15, 0.2) is 33.7 Å². The van der Waals surface area contributed by atoms with Gasteiger partial charge in [-0.1, -0.05) is 29.4 Å². The highest BCUT2D eigenvalue weighted by Crippen LogP contribution is 2.38. The third-order valence-electron chi connectivity index (χ3n) is 4.43. The van der Waals surface area contributed by atoms with Crippen LogP contribution in [0.25, 0.3) is 6.08 Å². The van der Waals surface area contributed by atoms with E-state index in [2.05, 4.69) is 14.9 Å². The Labute approximate surface area is 141 Å². The van der Waals surface area contributed by atoms with Gasteiger partial charge in [0.2, 0.25) is 15.9 Å². The lowest BCUT2D eigenvalue weighted by Crippen LogP contribution is -2.24. The summed E-state index contributed by atoms with van der Waals surface area (Å²) < 4.78 is 32.9. The van der Waals surface area contributed by atoms with Gasteiger partial charge in [0.1, 0.15) is 0 Å².